The molecule has 1 heterocycles. The van der Waals surface area contributed by atoms with Crippen molar-refractivity contribution in [3.8, 4) is 0 Å². The summed E-state index contributed by atoms with van der Waals surface area (Å²) < 4.78 is 1.90. The summed E-state index contributed by atoms with van der Waals surface area (Å²) in [5.41, 5.74) is 5.84. The molecule has 2 N–H and O–H groups in total. The summed E-state index contributed by atoms with van der Waals surface area (Å²) in [4.78, 5) is 17.8. The van der Waals surface area contributed by atoms with Crippen molar-refractivity contribution in [3.63, 3.8) is 0 Å². The van der Waals surface area contributed by atoms with Crippen LogP contribution in [-0.2, 0) is 18.4 Å². The van der Waals surface area contributed by atoms with Crippen molar-refractivity contribution in [1.82, 2.24) is 14.5 Å². The first-order chi connectivity index (χ1) is 8.06. The van der Waals surface area contributed by atoms with Crippen molar-refractivity contribution in [2.45, 2.75) is 19.0 Å². The van der Waals surface area contributed by atoms with Gasteiger partial charge in [0.2, 0.25) is 5.91 Å². The third-order valence-electron chi connectivity index (χ3n) is 2.63. The lowest BCUT2D eigenvalue weighted by atomic mass is 10.2. The molecule has 0 saturated heterocycles. The van der Waals surface area contributed by atoms with Gasteiger partial charge in [0.1, 0.15) is 5.82 Å². The predicted octanol–water partition coefficient (Wildman–Crippen LogP) is 0.459. The van der Waals surface area contributed by atoms with Gasteiger partial charge in [0.05, 0.1) is 12.6 Å². The number of carbonyl (C=O) groups excluding carboxylic acids is 1. The van der Waals surface area contributed by atoms with Crippen LogP contribution in [0.2, 0.25) is 0 Å². The number of hydrogen-bond acceptors (Lipinski definition) is 4. The van der Waals surface area contributed by atoms with E-state index in [2.05, 4.69) is 4.98 Å². The second-order valence-electron chi connectivity index (χ2n) is 4.04. The third kappa shape index (κ3) is 4.05. The van der Waals surface area contributed by atoms with Gasteiger partial charge in [-0.15, -0.1) is 0 Å². The molecule has 5 nitrogen and oxygen atoms in total. The van der Waals surface area contributed by atoms with Crippen LogP contribution in [0.3, 0.4) is 0 Å². The quantitative estimate of drug-likeness (QED) is 0.803. The molecule has 1 aromatic rings. The van der Waals surface area contributed by atoms with Crippen LogP contribution in [0.1, 0.15) is 12.2 Å². The highest BCUT2D eigenvalue weighted by molar-refractivity contribution is 7.98. The molecule has 0 aliphatic rings. The van der Waals surface area contributed by atoms with Gasteiger partial charge in [-0.1, -0.05) is 0 Å². The van der Waals surface area contributed by atoms with Crippen molar-refractivity contribution >= 4 is 17.7 Å². The summed E-state index contributed by atoms with van der Waals surface area (Å²) in [6.07, 6.45) is 6.31. The average Bonchev–Trinajstić information content (AvgIpc) is 2.70. The van der Waals surface area contributed by atoms with Crippen molar-refractivity contribution in [2.24, 2.45) is 12.8 Å². The van der Waals surface area contributed by atoms with Crippen molar-refractivity contribution in [3.05, 3.63) is 18.2 Å². The van der Waals surface area contributed by atoms with Gasteiger partial charge in [-0.3, -0.25) is 4.79 Å². The Labute approximate surface area is 106 Å². The van der Waals surface area contributed by atoms with E-state index in [-0.39, 0.29) is 5.91 Å². The molecule has 17 heavy (non-hydrogen) atoms. The Bertz CT molecular complexity index is 366. The second kappa shape index (κ2) is 6.66. The number of likely N-dealkylation sites (N-methyl/N-ethyl adjacent to an activating group) is 1. The Balaban J connectivity index is 2.49. The summed E-state index contributed by atoms with van der Waals surface area (Å²) >= 11 is 1.70. The summed E-state index contributed by atoms with van der Waals surface area (Å²) in [5, 5.41) is 0. The van der Waals surface area contributed by atoms with E-state index in [0.29, 0.717) is 13.0 Å². The fraction of sp³-hybridized carbons (Fsp3) is 0.636. The monoisotopic (exact) mass is 256 g/mol. The number of imidazole rings is 1. The minimum atomic E-state index is -0.410. The fourth-order valence-corrected chi connectivity index (χ4v) is 1.98. The first kappa shape index (κ1) is 14.1. The molecule has 0 fully saturated rings. The highest BCUT2D eigenvalue weighted by atomic mass is 32.2. The Kier molecular flexibility index (Phi) is 5.50. The zero-order chi connectivity index (χ0) is 12.8. The van der Waals surface area contributed by atoms with E-state index in [9.17, 15) is 4.79 Å². The molecule has 0 saturated carbocycles. The summed E-state index contributed by atoms with van der Waals surface area (Å²) in [6, 6.07) is -0.410. The first-order valence-electron chi connectivity index (χ1n) is 5.52. The van der Waals surface area contributed by atoms with Gasteiger partial charge in [-0.05, 0) is 18.4 Å². The zero-order valence-corrected chi connectivity index (χ0v) is 11.4. The molecular formula is C11H20N4OS. The van der Waals surface area contributed by atoms with Crippen LogP contribution < -0.4 is 5.73 Å². The second-order valence-corrected chi connectivity index (χ2v) is 5.02. The number of aromatic nitrogens is 2. The minimum absolute atomic E-state index is 0.0259. The molecule has 1 atom stereocenters. The van der Waals surface area contributed by atoms with E-state index < -0.39 is 6.04 Å². The lowest BCUT2D eigenvalue weighted by Crippen LogP contribution is -2.42. The molecule has 0 aliphatic carbocycles. The van der Waals surface area contributed by atoms with Crippen molar-refractivity contribution < 1.29 is 4.79 Å². The third-order valence-corrected chi connectivity index (χ3v) is 3.27. The van der Waals surface area contributed by atoms with E-state index in [0.717, 1.165) is 11.6 Å². The van der Waals surface area contributed by atoms with E-state index in [1.807, 2.05) is 24.1 Å². The highest BCUT2D eigenvalue weighted by Gasteiger charge is 2.18. The maximum Gasteiger partial charge on any atom is 0.239 e. The molecule has 0 radical (unpaired) electrons. The molecule has 0 aromatic carbocycles. The van der Waals surface area contributed by atoms with Gasteiger partial charge >= 0.3 is 0 Å². The highest BCUT2D eigenvalue weighted by Crippen LogP contribution is 2.04. The van der Waals surface area contributed by atoms with E-state index >= 15 is 0 Å². The maximum absolute atomic E-state index is 11.9. The normalized spacial score (nSPS) is 12.5. The molecular weight excluding hydrogens is 236 g/mol. The Morgan fingerprint density at radius 2 is 2.41 bits per heavy atom. The maximum atomic E-state index is 11.9. The lowest BCUT2D eigenvalue weighted by molar-refractivity contribution is -0.131. The van der Waals surface area contributed by atoms with Gasteiger partial charge < -0.3 is 15.2 Å². The molecule has 1 rings (SSSR count). The van der Waals surface area contributed by atoms with E-state index in [1.165, 1.54) is 0 Å². The Morgan fingerprint density at radius 3 is 2.94 bits per heavy atom. The van der Waals surface area contributed by atoms with Crippen LogP contribution in [0.15, 0.2) is 12.4 Å². The van der Waals surface area contributed by atoms with Crippen LogP contribution >= 0.6 is 11.8 Å². The number of rotatable bonds is 6. The Hall–Kier alpha value is -1.01. The molecule has 0 aliphatic heterocycles. The van der Waals surface area contributed by atoms with Crippen LogP contribution in [0.5, 0.6) is 0 Å². The average molecular weight is 256 g/mol. The number of nitrogens with zero attached hydrogens (tertiary/aromatic N) is 3. The molecule has 1 amide bonds. The zero-order valence-electron chi connectivity index (χ0n) is 10.6. The number of hydrogen-bond donors (Lipinski definition) is 1. The van der Waals surface area contributed by atoms with Gasteiger partial charge in [0.25, 0.3) is 0 Å². The number of nitrogens with two attached hydrogens (primary N) is 1. The molecule has 6 heteroatoms. The van der Waals surface area contributed by atoms with Crippen molar-refractivity contribution in [1.29, 1.82) is 0 Å². The first-order valence-corrected chi connectivity index (χ1v) is 6.91. The summed E-state index contributed by atoms with van der Waals surface area (Å²) in [5.74, 6) is 1.74. The van der Waals surface area contributed by atoms with Crippen LogP contribution in [0.4, 0.5) is 0 Å². The van der Waals surface area contributed by atoms with Gasteiger partial charge in [-0.2, -0.15) is 11.8 Å². The molecule has 0 bridgehead atoms. The smallest absolute Gasteiger partial charge is 0.239 e. The number of aryl methyl sites for hydroxylation is 1. The molecule has 0 unspecified atom stereocenters. The minimum Gasteiger partial charge on any atom is -0.337 e. The lowest BCUT2D eigenvalue weighted by Gasteiger charge is -2.20. The van der Waals surface area contributed by atoms with Crippen LogP contribution in [-0.4, -0.2) is 45.5 Å². The molecule has 96 valence electrons. The van der Waals surface area contributed by atoms with Crippen molar-refractivity contribution in [2.75, 3.05) is 19.1 Å². The van der Waals surface area contributed by atoms with Crippen LogP contribution in [0, 0.1) is 0 Å². The topological polar surface area (TPSA) is 64.2 Å². The SMILES string of the molecule is CSCC[C@@H](N)C(=O)N(C)Cc1nccn1C. The largest absolute Gasteiger partial charge is 0.337 e. The van der Waals surface area contributed by atoms with E-state index in [1.54, 1.807) is 29.9 Å². The van der Waals surface area contributed by atoms with Gasteiger partial charge in [0, 0.05) is 26.5 Å². The standard InChI is InChI=1S/C11H20N4OS/c1-14-6-5-13-10(14)8-15(2)11(16)9(12)4-7-17-3/h5-6,9H,4,7-8,12H2,1-3H3/t9-/m1/s1. The van der Waals surface area contributed by atoms with Crippen LogP contribution in [0.25, 0.3) is 0 Å². The number of amides is 1. The fourth-order valence-electron chi connectivity index (χ4n) is 1.49. The molecule has 0 spiro atoms. The summed E-state index contributed by atoms with van der Waals surface area (Å²) in [7, 11) is 3.67. The van der Waals surface area contributed by atoms with Gasteiger partial charge in [-0.25, -0.2) is 4.98 Å². The van der Waals surface area contributed by atoms with E-state index in [4.69, 9.17) is 5.73 Å². The Morgan fingerprint density at radius 1 is 1.71 bits per heavy atom. The molecule has 1 aromatic heterocycles. The number of thioether (sulfide) groups is 1. The predicted molar refractivity (Wildman–Crippen MR) is 70.7 cm³/mol. The number of carbonyl (C=O) groups is 1. The van der Waals surface area contributed by atoms with Gasteiger partial charge in [0.15, 0.2) is 0 Å². The summed E-state index contributed by atoms with van der Waals surface area (Å²) in [6.45, 7) is 0.495.